The Morgan fingerprint density at radius 1 is 1.19 bits per heavy atom. The molecule has 1 unspecified atom stereocenters. The van der Waals surface area contributed by atoms with Gasteiger partial charge in [0.2, 0.25) is 0 Å². The first-order valence-corrected chi connectivity index (χ1v) is 8.28. The molecule has 2 aromatic rings. The summed E-state index contributed by atoms with van der Waals surface area (Å²) < 4.78 is 64.5. The maximum atomic E-state index is 14.6. The number of halogens is 4. The SMILES string of the molecule is CC(CCCC(=O)O)c1c(F)cc(-c2cccc3c2OC(F)(F)O3)cc1F. The Balaban J connectivity index is 1.91. The van der Waals surface area contributed by atoms with Crippen molar-refractivity contribution in [3.8, 4) is 22.6 Å². The van der Waals surface area contributed by atoms with E-state index < -0.39 is 29.8 Å². The second-order valence-corrected chi connectivity index (χ2v) is 6.34. The predicted molar refractivity (Wildman–Crippen MR) is 87.9 cm³/mol. The Hall–Kier alpha value is -2.77. The molecular formula is C19H16F4O4. The zero-order valence-corrected chi connectivity index (χ0v) is 14.3. The molecule has 1 heterocycles. The number of carboxylic acids is 1. The first-order valence-electron chi connectivity index (χ1n) is 8.28. The van der Waals surface area contributed by atoms with Crippen molar-refractivity contribution in [1.29, 1.82) is 0 Å². The van der Waals surface area contributed by atoms with E-state index in [1.165, 1.54) is 18.2 Å². The fraction of sp³-hybridized carbons (Fsp3) is 0.316. The Labute approximate surface area is 152 Å². The van der Waals surface area contributed by atoms with Crippen molar-refractivity contribution < 1.29 is 36.9 Å². The largest absolute Gasteiger partial charge is 0.586 e. The zero-order chi connectivity index (χ0) is 19.8. The fourth-order valence-electron chi connectivity index (χ4n) is 3.11. The third-order valence-corrected chi connectivity index (χ3v) is 4.34. The van der Waals surface area contributed by atoms with E-state index in [4.69, 9.17) is 5.11 Å². The summed E-state index contributed by atoms with van der Waals surface area (Å²) in [6.07, 6.45) is -3.35. The number of benzene rings is 2. The lowest BCUT2D eigenvalue weighted by Crippen LogP contribution is -2.26. The minimum Gasteiger partial charge on any atom is -0.481 e. The van der Waals surface area contributed by atoms with Crippen molar-refractivity contribution in [2.45, 2.75) is 38.4 Å². The molecule has 0 fully saturated rings. The zero-order valence-electron chi connectivity index (χ0n) is 14.3. The number of fused-ring (bicyclic) bond motifs is 1. The highest BCUT2D eigenvalue weighted by atomic mass is 19.3. The fourth-order valence-corrected chi connectivity index (χ4v) is 3.11. The van der Waals surface area contributed by atoms with Gasteiger partial charge in [0.25, 0.3) is 0 Å². The van der Waals surface area contributed by atoms with Gasteiger partial charge in [0, 0.05) is 17.5 Å². The van der Waals surface area contributed by atoms with Crippen LogP contribution in [0.2, 0.25) is 0 Å². The van der Waals surface area contributed by atoms with Crippen molar-refractivity contribution >= 4 is 5.97 Å². The molecule has 1 atom stereocenters. The molecule has 0 aliphatic carbocycles. The molecule has 0 bridgehead atoms. The molecule has 1 aliphatic heterocycles. The molecule has 0 saturated heterocycles. The maximum absolute atomic E-state index is 14.6. The topological polar surface area (TPSA) is 55.8 Å². The molecule has 0 spiro atoms. The summed E-state index contributed by atoms with van der Waals surface area (Å²) in [5.41, 5.74) is -0.0589. The van der Waals surface area contributed by atoms with E-state index in [-0.39, 0.29) is 41.0 Å². The van der Waals surface area contributed by atoms with Gasteiger partial charge in [-0.25, -0.2) is 8.78 Å². The van der Waals surface area contributed by atoms with Crippen molar-refractivity contribution in [2.24, 2.45) is 0 Å². The van der Waals surface area contributed by atoms with Crippen LogP contribution in [0.25, 0.3) is 11.1 Å². The first kappa shape index (κ1) is 19.0. The van der Waals surface area contributed by atoms with Gasteiger partial charge in [-0.05, 0) is 42.5 Å². The van der Waals surface area contributed by atoms with Crippen LogP contribution in [0, 0.1) is 11.6 Å². The third-order valence-electron chi connectivity index (χ3n) is 4.34. The van der Waals surface area contributed by atoms with E-state index in [1.54, 1.807) is 6.92 Å². The van der Waals surface area contributed by atoms with Crippen molar-refractivity contribution in [3.63, 3.8) is 0 Å². The van der Waals surface area contributed by atoms with E-state index >= 15 is 0 Å². The Kier molecular flexibility index (Phi) is 4.99. The van der Waals surface area contributed by atoms with Gasteiger partial charge in [-0.3, -0.25) is 4.79 Å². The maximum Gasteiger partial charge on any atom is 0.586 e. The quantitative estimate of drug-likeness (QED) is 0.686. The summed E-state index contributed by atoms with van der Waals surface area (Å²) in [5.74, 6) is -3.69. The van der Waals surface area contributed by atoms with E-state index in [1.807, 2.05) is 0 Å². The number of hydrogen-bond donors (Lipinski definition) is 1. The molecular weight excluding hydrogens is 368 g/mol. The van der Waals surface area contributed by atoms with Crippen LogP contribution in [0.3, 0.4) is 0 Å². The normalized spacial score (nSPS) is 15.6. The minimum absolute atomic E-state index is 0.0321. The standard InChI is InChI=1S/C19H16F4O4/c1-10(4-2-7-16(24)25)17-13(20)8-11(9-14(17)21)12-5-3-6-15-18(12)27-19(22,23)26-15/h3,5-6,8-10H,2,4,7H2,1H3,(H,24,25). The number of ether oxygens (including phenoxy) is 2. The Bertz CT molecular complexity index is 859. The summed E-state index contributed by atoms with van der Waals surface area (Å²) in [7, 11) is 0. The molecule has 0 radical (unpaired) electrons. The first-order chi connectivity index (χ1) is 12.7. The molecule has 27 heavy (non-hydrogen) atoms. The monoisotopic (exact) mass is 384 g/mol. The van der Waals surface area contributed by atoms with Gasteiger partial charge in [-0.1, -0.05) is 19.1 Å². The van der Waals surface area contributed by atoms with E-state index in [0.29, 0.717) is 6.42 Å². The highest BCUT2D eigenvalue weighted by Gasteiger charge is 2.44. The molecule has 1 aliphatic rings. The molecule has 1 N–H and O–H groups in total. The third kappa shape index (κ3) is 3.99. The number of carbonyl (C=O) groups is 1. The van der Waals surface area contributed by atoms with Crippen molar-refractivity contribution in [3.05, 3.63) is 47.5 Å². The molecule has 4 nitrogen and oxygen atoms in total. The minimum atomic E-state index is -3.84. The molecule has 144 valence electrons. The number of hydrogen-bond acceptors (Lipinski definition) is 3. The van der Waals surface area contributed by atoms with Gasteiger partial charge in [0.05, 0.1) is 0 Å². The average molecular weight is 384 g/mol. The number of carboxylic acid groups (broad SMARTS) is 1. The van der Waals surface area contributed by atoms with E-state index in [2.05, 4.69) is 9.47 Å². The van der Waals surface area contributed by atoms with Gasteiger partial charge >= 0.3 is 12.3 Å². The van der Waals surface area contributed by atoms with Gasteiger partial charge in [0.1, 0.15) is 11.6 Å². The summed E-state index contributed by atoms with van der Waals surface area (Å²) in [6, 6.07) is 6.17. The lowest BCUT2D eigenvalue weighted by molar-refractivity contribution is -0.286. The molecule has 0 aromatic heterocycles. The second kappa shape index (κ2) is 7.09. The van der Waals surface area contributed by atoms with Crippen molar-refractivity contribution in [1.82, 2.24) is 0 Å². The van der Waals surface area contributed by atoms with Crippen molar-refractivity contribution in [2.75, 3.05) is 0 Å². The summed E-state index contributed by atoms with van der Waals surface area (Å²) in [6.45, 7) is 1.60. The molecule has 0 saturated carbocycles. The summed E-state index contributed by atoms with van der Waals surface area (Å²) >= 11 is 0. The second-order valence-electron chi connectivity index (χ2n) is 6.34. The van der Waals surface area contributed by atoms with Crippen LogP contribution in [0.1, 0.15) is 37.7 Å². The van der Waals surface area contributed by atoms with Gasteiger partial charge in [0.15, 0.2) is 11.5 Å². The molecule has 3 rings (SSSR count). The highest BCUT2D eigenvalue weighted by molar-refractivity contribution is 5.75. The predicted octanol–water partition coefficient (Wildman–Crippen LogP) is 5.31. The number of para-hydroxylation sites is 1. The lowest BCUT2D eigenvalue weighted by Gasteiger charge is -2.15. The van der Waals surface area contributed by atoms with Crippen LogP contribution in [0.4, 0.5) is 17.6 Å². The van der Waals surface area contributed by atoms with Crippen LogP contribution in [0.15, 0.2) is 30.3 Å². The van der Waals surface area contributed by atoms with Gasteiger partial charge < -0.3 is 14.6 Å². The van der Waals surface area contributed by atoms with Crippen LogP contribution in [-0.2, 0) is 4.79 Å². The molecule has 2 aromatic carbocycles. The van der Waals surface area contributed by atoms with E-state index in [0.717, 1.165) is 12.1 Å². The van der Waals surface area contributed by atoms with Crippen LogP contribution < -0.4 is 9.47 Å². The number of aliphatic carboxylic acids is 1. The van der Waals surface area contributed by atoms with Gasteiger partial charge in [-0.2, -0.15) is 0 Å². The van der Waals surface area contributed by atoms with Crippen LogP contribution >= 0.6 is 0 Å². The van der Waals surface area contributed by atoms with Crippen LogP contribution in [0.5, 0.6) is 11.5 Å². The Morgan fingerprint density at radius 2 is 1.85 bits per heavy atom. The summed E-state index contributed by atoms with van der Waals surface area (Å²) in [4.78, 5) is 10.6. The van der Waals surface area contributed by atoms with E-state index in [9.17, 15) is 22.4 Å². The van der Waals surface area contributed by atoms with Gasteiger partial charge in [-0.15, -0.1) is 8.78 Å². The lowest BCUT2D eigenvalue weighted by atomic mass is 9.92. The average Bonchev–Trinajstić information content (AvgIpc) is 2.87. The van der Waals surface area contributed by atoms with Crippen LogP contribution in [-0.4, -0.2) is 17.4 Å². The molecule has 8 heteroatoms. The molecule has 0 amide bonds. The highest BCUT2D eigenvalue weighted by Crippen LogP contribution is 2.47. The number of alkyl halides is 2. The Morgan fingerprint density at radius 3 is 2.48 bits per heavy atom. The number of rotatable bonds is 6. The smallest absolute Gasteiger partial charge is 0.481 e. The summed E-state index contributed by atoms with van der Waals surface area (Å²) in [5, 5.41) is 8.66.